The number of nitrogens with zero attached hydrogens (tertiary/aromatic N) is 2. The summed E-state index contributed by atoms with van der Waals surface area (Å²) in [5.41, 5.74) is 0.450. The Bertz CT molecular complexity index is 522. The number of hydrogen-bond donors (Lipinski definition) is 1. The Morgan fingerprint density at radius 1 is 1.17 bits per heavy atom. The molecule has 1 unspecified atom stereocenters. The van der Waals surface area contributed by atoms with E-state index in [1.807, 2.05) is 6.07 Å². The van der Waals surface area contributed by atoms with Crippen molar-refractivity contribution in [2.75, 3.05) is 19.6 Å². The molecule has 0 saturated heterocycles. The molecule has 1 aromatic rings. The van der Waals surface area contributed by atoms with Gasteiger partial charge in [0.25, 0.3) is 0 Å². The van der Waals surface area contributed by atoms with Crippen LogP contribution in [0.5, 0.6) is 0 Å². The van der Waals surface area contributed by atoms with E-state index in [0.29, 0.717) is 5.92 Å². The molecule has 23 heavy (non-hydrogen) atoms. The minimum atomic E-state index is -0.660. The molecule has 1 fully saturated rings. The Morgan fingerprint density at radius 3 is 2.57 bits per heavy atom. The van der Waals surface area contributed by atoms with Crippen molar-refractivity contribution in [1.82, 2.24) is 4.90 Å². The minimum absolute atomic E-state index is 0.409. The third-order valence-electron chi connectivity index (χ3n) is 5.71. The molecule has 1 N–H and O–H groups in total. The molecule has 0 amide bonds. The number of benzene rings is 1. The average Bonchev–Trinajstić information content (AvgIpc) is 3.01. The quantitative estimate of drug-likeness (QED) is 0.862. The first-order valence-electron chi connectivity index (χ1n) is 9.24. The van der Waals surface area contributed by atoms with Gasteiger partial charge in [-0.3, -0.25) is 4.99 Å². The summed E-state index contributed by atoms with van der Waals surface area (Å²) in [6.07, 6.45) is 8.05. The van der Waals surface area contributed by atoms with Crippen LogP contribution in [0.4, 0.5) is 0 Å². The third kappa shape index (κ3) is 3.77. The second-order valence-corrected chi connectivity index (χ2v) is 7.14. The lowest BCUT2D eigenvalue weighted by Crippen LogP contribution is -2.38. The Hall–Kier alpha value is -1.35. The zero-order valence-electron chi connectivity index (χ0n) is 14.4. The zero-order valence-corrected chi connectivity index (χ0v) is 14.4. The van der Waals surface area contributed by atoms with Crippen molar-refractivity contribution in [1.29, 1.82) is 0 Å². The molecule has 1 heterocycles. The van der Waals surface area contributed by atoms with Crippen molar-refractivity contribution >= 4 is 5.84 Å². The fraction of sp³-hybridized carbons (Fsp3) is 0.650. The van der Waals surface area contributed by atoms with E-state index in [-0.39, 0.29) is 0 Å². The first-order valence-corrected chi connectivity index (χ1v) is 9.24. The van der Waals surface area contributed by atoms with Crippen LogP contribution >= 0.6 is 0 Å². The predicted molar refractivity (Wildman–Crippen MR) is 95.7 cm³/mol. The van der Waals surface area contributed by atoms with Crippen LogP contribution in [0.3, 0.4) is 0 Å². The van der Waals surface area contributed by atoms with Gasteiger partial charge in [-0.15, -0.1) is 0 Å². The average molecular weight is 314 g/mol. The number of aliphatic hydroxyl groups is 1. The maximum atomic E-state index is 11.6. The van der Waals surface area contributed by atoms with Gasteiger partial charge < -0.3 is 10.0 Å². The van der Waals surface area contributed by atoms with Crippen LogP contribution in [0.1, 0.15) is 57.4 Å². The van der Waals surface area contributed by atoms with Crippen LogP contribution < -0.4 is 0 Å². The molecular weight excluding hydrogens is 284 g/mol. The fourth-order valence-electron chi connectivity index (χ4n) is 4.30. The highest BCUT2D eigenvalue weighted by molar-refractivity contribution is 5.81. The summed E-state index contributed by atoms with van der Waals surface area (Å²) >= 11 is 0. The van der Waals surface area contributed by atoms with Gasteiger partial charge in [0.2, 0.25) is 0 Å². The maximum absolute atomic E-state index is 11.6. The molecule has 1 aliphatic heterocycles. The van der Waals surface area contributed by atoms with Crippen LogP contribution in [0.2, 0.25) is 0 Å². The highest BCUT2D eigenvalue weighted by Gasteiger charge is 2.38. The van der Waals surface area contributed by atoms with Crippen molar-refractivity contribution < 1.29 is 5.11 Å². The van der Waals surface area contributed by atoms with Crippen LogP contribution in [0.15, 0.2) is 35.3 Å². The Balaban J connectivity index is 1.68. The lowest BCUT2D eigenvalue weighted by Gasteiger charge is -2.39. The lowest BCUT2D eigenvalue weighted by atomic mass is 9.71. The second kappa shape index (κ2) is 7.48. The normalized spacial score (nSPS) is 22.0. The number of amidine groups is 1. The molecule has 0 bridgehead atoms. The molecule has 3 heteroatoms. The lowest BCUT2D eigenvalue weighted by molar-refractivity contribution is -0.0482. The summed E-state index contributed by atoms with van der Waals surface area (Å²) < 4.78 is 0. The maximum Gasteiger partial charge on any atom is 0.0958 e. The number of aliphatic imine (C=N–C) groups is 1. The van der Waals surface area contributed by atoms with E-state index in [1.54, 1.807) is 0 Å². The van der Waals surface area contributed by atoms with Gasteiger partial charge in [-0.1, -0.05) is 49.6 Å². The van der Waals surface area contributed by atoms with Gasteiger partial charge >= 0.3 is 0 Å². The molecule has 0 spiro atoms. The molecule has 126 valence electrons. The summed E-state index contributed by atoms with van der Waals surface area (Å²) in [5.74, 6) is 1.57. The predicted octanol–water partition coefficient (Wildman–Crippen LogP) is 3.97. The molecule has 1 atom stereocenters. The molecule has 3 nitrogen and oxygen atoms in total. The molecule has 2 aliphatic rings. The van der Waals surface area contributed by atoms with Crippen LogP contribution in [-0.2, 0) is 5.60 Å². The van der Waals surface area contributed by atoms with E-state index >= 15 is 0 Å². The summed E-state index contributed by atoms with van der Waals surface area (Å²) in [6.45, 7) is 5.07. The van der Waals surface area contributed by atoms with Crippen molar-refractivity contribution in [3.63, 3.8) is 0 Å². The molecule has 0 radical (unpaired) electrons. The van der Waals surface area contributed by atoms with Crippen LogP contribution in [0.25, 0.3) is 0 Å². The smallest absolute Gasteiger partial charge is 0.0958 e. The largest absolute Gasteiger partial charge is 0.385 e. The highest BCUT2D eigenvalue weighted by Crippen LogP contribution is 2.42. The first kappa shape index (κ1) is 16.5. The molecule has 1 aromatic carbocycles. The van der Waals surface area contributed by atoms with Gasteiger partial charge in [-0.25, -0.2) is 0 Å². The highest BCUT2D eigenvalue weighted by atomic mass is 16.3. The molecule has 1 aliphatic carbocycles. The third-order valence-corrected chi connectivity index (χ3v) is 5.71. The fourth-order valence-corrected chi connectivity index (χ4v) is 4.30. The summed E-state index contributed by atoms with van der Waals surface area (Å²) in [7, 11) is 0. The SMILES string of the molecule is CC1=NCCN1CCCC(O)(c1ccccc1)C1CCCCC1. The zero-order chi connectivity index (χ0) is 16.1. The van der Waals surface area contributed by atoms with E-state index < -0.39 is 5.60 Å². The van der Waals surface area contributed by atoms with E-state index in [4.69, 9.17) is 0 Å². The van der Waals surface area contributed by atoms with Gasteiger partial charge in [-0.05, 0) is 44.1 Å². The molecular formula is C20H30N2O. The first-order chi connectivity index (χ1) is 11.2. The number of rotatable bonds is 6. The molecule has 0 aromatic heterocycles. The molecule has 3 rings (SSSR count). The van der Waals surface area contributed by atoms with Gasteiger partial charge in [0.05, 0.1) is 18.0 Å². The van der Waals surface area contributed by atoms with E-state index in [1.165, 1.54) is 19.3 Å². The van der Waals surface area contributed by atoms with Gasteiger partial charge in [0.1, 0.15) is 0 Å². The second-order valence-electron chi connectivity index (χ2n) is 7.14. The van der Waals surface area contributed by atoms with Gasteiger partial charge in [0.15, 0.2) is 0 Å². The van der Waals surface area contributed by atoms with Crippen molar-refractivity contribution in [2.45, 2.75) is 57.5 Å². The van der Waals surface area contributed by atoms with E-state index in [2.05, 4.69) is 41.1 Å². The Kier molecular flexibility index (Phi) is 5.37. The minimum Gasteiger partial charge on any atom is -0.385 e. The van der Waals surface area contributed by atoms with E-state index in [9.17, 15) is 5.11 Å². The van der Waals surface area contributed by atoms with Crippen molar-refractivity contribution in [3.8, 4) is 0 Å². The monoisotopic (exact) mass is 314 g/mol. The topological polar surface area (TPSA) is 35.8 Å². The van der Waals surface area contributed by atoms with Crippen LogP contribution in [-0.4, -0.2) is 35.5 Å². The Labute approximate surface area is 140 Å². The van der Waals surface area contributed by atoms with Crippen molar-refractivity contribution in [3.05, 3.63) is 35.9 Å². The summed E-state index contributed by atoms with van der Waals surface area (Å²) in [6, 6.07) is 10.4. The standard InChI is InChI=1S/C20H30N2O/c1-17-21-14-16-22(17)15-8-13-20(23,18-9-4-2-5-10-18)19-11-6-3-7-12-19/h2,4-5,9-10,19,23H,3,6-8,11-16H2,1H3. The van der Waals surface area contributed by atoms with E-state index in [0.717, 1.165) is 56.7 Å². The number of hydrogen-bond acceptors (Lipinski definition) is 3. The van der Waals surface area contributed by atoms with Gasteiger partial charge in [0, 0.05) is 13.1 Å². The Morgan fingerprint density at radius 2 is 1.91 bits per heavy atom. The summed E-state index contributed by atoms with van der Waals surface area (Å²) in [5, 5.41) is 11.6. The van der Waals surface area contributed by atoms with Crippen LogP contribution in [0, 0.1) is 5.92 Å². The van der Waals surface area contributed by atoms with Crippen molar-refractivity contribution in [2.24, 2.45) is 10.9 Å². The summed E-state index contributed by atoms with van der Waals surface area (Å²) in [4.78, 5) is 6.81. The molecule has 1 saturated carbocycles. The van der Waals surface area contributed by atoms with Gasteiger partial charge in [-0.2, -0.15) is 0 Å².